The minimum atomic E-state index is 0.664. The number of nitrogens with zero attached hydrogens (tertiary/aromatic N) is 1. The predicted octanol–water partition coefficient (Wildman–Crippen LogP) is 3.54. The maximum atomic E-state index is 5.58. The van der Waals surface area contributed by atoms with Crippen molar-refractivity contribution in [2.24, 2.45) is 5.73 Å². The fraction of sp³-hybridized carbons (Fsp3) is 0.400. The lowest BCUT2D eigenvalue weighted by Crippen LogP contribution is -2.02. The SMILES string of the molecule is Cc1cc(C)c(C)c(-c2csc(CCN)n2)c1C. The van der Waals surface area contributed by atoms with Gasteiger partial charge in [0.05, 0.1) is 10.7 Å². The van der Waals surface area contributed by atoms with Crippen molar-refractivity contribution < 1.29 is 0 Å². The van der Waals surface area contributed by atoms with Crippen LogP contribution in [0.5, 0.6) is 0 Å². The van der Waals surface area contributed by atoms with Crippen LogP contribution in [0.2, 0.25) is 0 Å². The van der Waals surface area contributed by atoms with Gasteiger partial charge >= 0.3 is 0 Å². The summed E-state index contributed by atoms with van der Waals surface area (Å²) in [6.45, 7) is 9.35. The van der Waals surface area contributed by atoms with Gasteiger partial charge in [0.15, 0.2) is 0 Å². The van der Waals surface area contributed by atoms with E-state index in [-0.39, 0.29) is 0 Å². The van der Waals surface area contributed by atoms with Crippen LogP contribution in [0.3, 0.4) is 0 Å². The zero-order valence-electron chi connectivity index (χ0n) is 11.5. The maximum Gasteiger partial charge on any atom is 0.0945 e. The van der Waals surface area contributed by atoms with Crippen molar-refractivity contribution in [3.8, 4) is 11.3 Å². The topological polar surface area (TPSA) is 38.9 Å². The Bertz CT molecular complexity index is 544. The molecule has 0 fully saturated rings. The molecule has 2 nitrogen and oxygen atoms in total. The summed E-state index contributed by atoms with van der Waals surface area (Å²) < 4.78 is 0. The number of thiazole rings is 1. The molecule has 2 aromatic rings. The van der Waals surface area contributed by atoms with Gasteiger partial charge in [0.25, 0.3) is 0 Å². The minimum Gasteiger partial charge on any atom is -0.330 e. The number of hydrogen-bond donors (Lipinski definition) is 1. The fourth-order valence-electron chi connectivity index (χ4n) is 2.27. The van der Waals surface area contributed by atoms with Crippen molar-refractivity contribution >= 4 is 11.3 Å². The Morgan fingerprint density at radius 2 is 1.72 bits per heavy atom. The smallest absolute Gasteiger partial charge is 0.0945 e. The molecule has 2 rings (SSSR count). The first-order chi connectivity index (χ1) is 8.54. The molecule has 1 aromatic heterocycles. The monoisotopic (exact) mass is 260 g/mol. The van der Waals surface area contributed by atoms with Crippen molar-refractivity contribution in [3.63, 3.8) is 0 Å². The van der Waals surface area contributed by atoms with E-state index in [2.05, 4.69) is 39.1 Å². The highest BCUT2D eigenvalue weighted by molar-refractivity contribution is 7.09. The van der Waals surface area contributed by atoms with Crippen molar-refractivity contribution in [1.29, 1.82) is 0 Å². The second-order valence-electron chi connectivity index (χ2n) is 4.80. The highest BCUT2D eigenvalue weighted by atomic mass is 32.1. The van der Waals surface area contributed by atoms with Crippen molar-refractivity contribution in [3.05, 3.63) is 38.7 Å². The lowest BCUT2D eigenvalue weighted by Gasteiger charge is -2.13. The number of nitrogens with two attached hydrogens (primary N) is 1. The second kappa shape index (κ2) is 5.21. The zero-order valence-corrected chi connectivity index (χ0v) is 12.3. The Hall–Kier alpha value is -1.19. The van der Waals surface area contributed by atoms with Gasteiger partial charge in [-0.05, 0) is 56.5 Å². The van der Waals surface area contributed by atoms with E-state index in [1.165, 1.54) is 27.8 Å². The molecular weight excluding hydrogens is 240 g/mol. The molecule has 0 aliphatic carbocycles. The summed E-state index contributed by atoms with van der Waals surface area (Å²) in [6, 6.07) is 2.25. The summed E-state index contributed by atoms with van der Waals surface area (Å²) in [5.41, 5.74) is 13.3. The molecule has 0 saturated carbocycles. The number of aromatic nitrogens is 1. The van der Waals surface area contributed by atoms with Crippen LogP contribution in [0.1, 0.15) is 27.3 Å². The molecule has 0 spiro atoms. The molecule has 0 unspecified atom stereocenters. The molecule has 0 amide bonds. The van der Waals surface area contributed by atoms with Gasteiger partial charge in [0.2, 0.25) is 0 Å². The first-order valence-corrected chi connectivity index (χ1v) is 7.14. The Morgan fingerprint density at radius 1 is 1.11 bits per heavy atom. The van der Waals surface area contributed by atoms with Gasteiger partial charge < -0.3 is 5.73 Å². The molecule has 0 bridgehead atoms. The first-order valence-electron chi connectivity index (χ1n) is 6.26. The van der Waals surface area contributed by atoms with Crippen molar-refractivity contribution in [2.45, 2.75) is 34.1 Å². The largest absolute Gasteiger partial charge is 0.330 e. The molecule has 3 heteroatoms. The number of aryl methyl sites for hydroxylation is 2. The van der Waals surface area contributed by atoms with Crippen LogP contribution in [-0.2, 0) is 6.42 Å². The standard InChI is InChI=1S/C15H20N2S/c1-9-7-10(2)12(4)15(11(9)3)13-8-18-14(17-13)5-6-16/h7-8H,5-6,16H2,1-4H3. The molecule has 1 aromatic carbocycles. The third-order valence-electron chi connectivity index (χ3n) is 3.53. The van der Waals surface area contributed by atoms with E-state index >= 15 is 0 Å². The third kappa shape index (κ3) is 2.33. The van der Waals surface area contributed by atoms with E-state index in [0.717, 1.165) is 17.1 Å². The molecule has 0 aliphatic heterocycles. The molecule has 0 atom stereocenters. The second-order valence-corrected chi connectivity index (χ2v) is 5.74. The fourth-order valence-corrected chi connectivity index (χ4v) is 3.07. The average Bonchev–Trinajstić information content (AvgIpc) is 2.76. The Labute approximate surface area is 113 Å². The summed E-state index contributed by atoms with van der Waals surface area (Å²) in [5, 5.41) is 3.28. The van der Waals surface area contributed by atoms with Crippen LogP contribution in [0.4, 0.5) is 0 Å². The van der Waals surface area contributed by atoms with E-state index < -0.39 is 0 Å². The predicted molar refractivity (Wildman–Crippen MR) is 79.3 cm³/mol. The average molecular weight is 260 g/mol. The van der Waals surface area contributed by atoms with Crippen molar-refractivity contribution in [1.82, 2.24) is 4.98 Å². The first kappa shape index (κ1) is 13.2. The van der Waals surface area contributed by atoms with Gasteiger partial charge in [-0.15, -0.1) is 11.3 Å². The number of rotatable bonds is 3. The van der Waals surface area contributed by atoms with E-state index in [0.29, 0.717) is 6.54 Å². The summed E-state index contributed by atoms with van der Waals surface area (Å²) in [6.07, 6.45) is 0.869. The highest BCUT2D eigenvalue weighted by Crippen LogP contribution is 2.32. The summed E-state index contributed by atoms with van der Waals surface area (Å²) in [5.74, 6) is 0. The van der Waals surface area contributed by atoms with Gasteiger partial charge in [0.1, 0.15) is 0 Å². The molecule has 2 N–H and O–H groups in total. The molecule has 18 heavy (non-hydrogen) atoms. The maximum absolute atomic E-state index is 5.58. The van der Waals surface area contributed by atoms with E-state index in [9.17, 15) is 0 Å². The molecule has 0 aliphatic rings. The summed E-state index contributed by atoms with van der Waals surface area (Å²) >= 11 is 1.71. The zero-order chi connectivity index (χ0) is 13.3. The van der Waals surface area contributed by atoms with Gasteiger partial charge in [-0.1, -0.05) is 6.07 Å². The lowest BCUT2D eigenvalue weighted by atomic mass is 9.93. The van der Waals surface area contributed by atoms with Crippen LogP contribution in [0.25, 0.3) is 11.3 Å². The molecule has 0 saturated heterocycles. The number of benzene rings is 1. The Balaban J connectivity index is 2.55. The van der Waals surface area contributed by atoms with Gasteiger partial charge in [-0.3, -0.25) is 0 Å². The third-order valence-corrected chi connectivity index (χ3v) is 4.44. The van der Waals surface area contributed by atoms with E-state index in [1.54, 1.807) is 11.3 Å². The Morgan fingerprint density at radius 3 is 2.28 bits per heavy atom. The molecule has 0 radical (unpaired) electrons. The molecule has 96 valence electrons. The van der Waals surface area contributed by atoms with Crippen LogP contribution in [0, 0.1) is 27.7 Å². The van der Waals surface area contributed by atoms with Crippen LogP contribution in [0.15, 0.2) is 11.4 Å². The van der Waals surface area contributed by atoms with Crippen LogP contribution in [-0.4, -0.2) is 11.5 Å². The van der Waals surface area contributed by atoms with E-state index in [4.69, 9.17) is 10.7 Å². The van der Waals surface area contributed by atoms with Gasteiger partial charge in [-0.25, -0.2) is 4.98 Å². The van der Waals surface area contributed by atoms with Gasteiger partial charge in [-0.2, -0.15) is 0 Å². The van der Waals surface area contributed by atoms with Crippen LogP contribution >= 0.6 is 11.3 Å². The Kier molecular flexibility index (Phi) is 3.83. The molecule has 1 heterocycles. The molecular formula is C15H20N2S. The van der Waals surface area contributed by atoms with Crippen molar-refractivity contribution in [2.75, 3.05) is 6.54 Å². The number of hydrogen-bond acceptors (Lipinski definition) is 3. The lowest BCUT2D eigenvalue weighted by molar-refractivity contribution is 0.953. The van der Waals surface area contributed by atoms with Crippen LogP contribution < -0.4 is 5.73 Å². The quantitative estimate of drug-likeness (QED) is 0.916. The van der Waals surface area contributed by atoms with E-state index in [1.807, 2.05) is 0 Å². The highest BCUT2D eigenvalue weighted by Gasteiger charge is 2.13. The normalized spacial score (nSPS) is 10.9. The summed E-state index contributed by atoms with van der Waals surface area (Å²) in [4.78, 5) is 4.71. The summed E-state index contributed by atoms with van der Waals surface area (Å²) in [7, 11) is 0. The minimum absolute atomic E-state index is 0.664. The van der Waals surface area contributed by atoms with Gasteiger partial charge in [0, 0.05) is 17.4 Å².